The van der Waals surface area contributed by atoms with Gasteiger partial charge >= 0.3 is 5.97 Å². The Morgan fingerprint density at radius 3 is 2.94 bits per heavy atom. The number of hydrogen-bond donors (Lipinski definition) is 2. The maximum absolute atomic E-state index is 11.2. The van der Waals surface area contributed by atoms with Crippen molar-refractivity contribution >= 4 is 11.8 Å². The number of H-pyrrole nitrogens is 1. The van der Waals surface area contributed by atoms with Crippen molar-refractivity contribution in [2.75, 3.05) is 12.8 Å². The molecule has 0 atom stereocenters. The van der Waals surface area contributed by atoms with Crippen LogP contribution in [0.15, 0.2) is 24.7 Å². The van der Waals surface area contributed by atoms with Crippen molar-refractivity contribution in [2.24, 2.45) is 0 Å². The van der Waals surface area contributed by atoms with Crippen molar-refractivity contribution < 1.29 is 9.53 Å². The van der Waals surface area contributed by atoms with Crippen LogP contribution in [0.1, 0.15) is 10.4 Å². The number of hydrogen-bond acceptors (Lipinski definition) is 5. The van der Waals surface area contributed by atoms with Crippen molar-refractivity contribution in [1.29, 1.82) is 0 Å². The molecule has 0 amide bonds. The number of carbonyl (C=O) groups is 1. The van der Waals surface area contributed by atoms with E-state index in [1.54, 1.807) is 12.4 Å². The van der Waals surface area contributed by atoms with E-state index in [4.69, 9.17) is 5.73 Å². The van der Waals surface area contributed by atoms with Crippen molar-refractivity contribution in [2.45, 2.75) is 0 Å². The number of nitrogens with two attached hydrogens (primary N) is 1. The number of methoxy groups -OCH3 is 1. The van der Waals surface area contributed by atoms with Crippen molar-refractivity contribution in [3.8, 4) is 11.4 Å². The maximum atomic E-state index is 11.2. The molecule has 0 saturated heterocycles. The van der Waals surface area contributed by atoms with Crippen LogP contribution in [-0.4, -0.2) is 28.0 Å². The van der Waals surface area contributed by atoms with Gasteiger partial charge in [0.15, 0.2) is 5.82 Å². The number of nitrogen functional groups attached to an aromatic ring is 1. The van der Waals surface area contributed by atoms with Crippen LogP contribution in [0.2, 0.25) is 0 Å². The second-order valence-corrected chi connectivity index (χ2v) is 3.08. The van der Waals surface area contributed by atoms with Crippen LogP contribution in [0.3, 0.4) is 0 Å². The van der Waals surface area contributed by atoms with E-state index >= 15 is 0 Å². The third kappa shape index (κ3) is 1.72. The number of aromatic amines is 1. The Kier molecular flexibility index (Phi) is 2.55. The lowest BCUT2D eigenvalue weighted by Crippen LogP contribution is -2.08. The number of nitrogens with zero attached hydrogens (tertiary/aromatic N) is 2. The minimum atomic E-state index is -0.543. The zero-order chi connectivity index (χ0) is 11.5. The summed E-state index contributed by atoms with van der Waals surface area (Å²) in [6.45, 7) is 0. The van der Waals surface area contributed by atoms with Gasteiger partial charge in [0.1, 0.15) is 11.4 Å². The van der Waals surface area contributed by atoms with E-state index in [0.717, 1.165) is 5.56 Å². The average molecular weight is 218 g/mol. The molecule has 0 saturated carbocycles. The van der Waals surface area contributed by atoms with Gasteiger partial charge in [0.05, 0.1) is 7.11 Å². The first-order chi connectivity index (χ1) is 7.72. The van der Waals surface area contributed by atoms with E-state index in [1.807, 2.05) is 6.07 Å². The first-order valence-electron chi connectivity index (χ1n) is 4.56. The molecule has 2 rings (SSSR count). The fourth-order valence-corrected chi connectivity index (χ4v) is 1.26. The highest BCUT2D eigenvalue weighted by Gasteiger charge is 2.13. The van der Waals surface area contributed by atoms with Crippen LogP contribution in [0.4, 0.5) is 5.82 Å². The molecule has 82 valence electrons. The SMILES string of the molecule is COC(=O)c1cnc(-c2cc[nH]c2)nc1N. The number of anilines is 1. The predicted molar refractivity (Wildman–Crippen MR) is 57.6 cm³/mol. The molecule has 2 heterocycles. The second-order valence-electron chi connectivity index (χ2n) is 3.08. The largest absolute Gasteiger partial charge is 0.465 e. The average Bonchev–Trinajstić information content (AvgIpc) is 2.81. The Balaban J connectivity index is 2.41. The normalized spacial score (nSPS) is 10.1. The molecule has 0 bridgehead atoms. The molecule has 0 aromatic carbocycles. The van der Waals surface area contributed by atoms with Gasteiger partial charge in [-0.3, -0.25) is 0 Å². The smallest absolute Gasteiger partial charge is 0.343 e. The molecule has 0 spiro atoms. The number of nitrogens with one attached hydrogen (secondary N) is 1. The first kappa shape index (κ1) is 10.2. The van der Waals surface area contributed by atoms with Gasteiger partial charge < -0.3 is 15.5 Å². The minimum absolute atomic E-state index is 0.109. The highest BCUT2D eigenvalue weighted by molar-refractivity contribution is 5.93. The molecule has 6 nitrogen and oxygen atoms in total. The number of ether oxygens (including phenoxy) is 1. The van der Waals surface area contributed by atoms with E-state index < -0.39 is 5.97 Å². The fourth-order valence-electron chi connectivity index (χ4n) is 1.26. The summed E-state index contributed by atoms with van der Waals surface area (Å²) >= 11 is 0. The third-order valence-electron chi connectivity index (χ3n) is 2.08. The molecule has 0 fully saturated rings. The summed E-state index contributed by atoms with van der Waals surface area (Å²) in [7, 11) is 1.28. The van der Waals surface area contributed by atoms with Gasteiger partial charge in [-0.25, -0.2) is 14.8 Å². The van der Waals surface area contributed by atoms with Gasteiger partial charge in [-0.2, -0.15) is 0 Å². The minimum Gasteiger partial charge on any atom is -0.465 e. The Morgan fingerprint density at radius 2 is 2.38 bits per heavy atom. The molecule has 3 N–H and O–H groups in total. The third-order valence-corrected chi connectivity index (χ3v) is 2.08. The predicted octanol–water partition coefficient (Wildman–Crippen LogP) is 0.840. The van der Waals surface area contributed by atoms with Gasteiger partial charge in [-0.1, -0.05) is 0 Å². The lowest BCUT2D eigenvalue weighted by atomic mass is 10.2. The van der Waals surface area contributed by atoms with Gasteiger partial charge in [0.25, 0.3) is 0 Å². The summed E-state index contributed by atoms with van der Waals surface area (Å²) in [5, 5.41) is 0. The van der Waals surface area contributed by atoms with E-state index in [-0.39, 0.29) is 11.4 Å². The lowest BCUT2D eigenvalue weighted by molar-refractivity contribution is 0.0601. The highest BCUT2D eigenvalue weighted by atomic mass is 16.5. The van der Waals surface area contributed by atoms with Crippen molar-refractivity contribution in [3.63, 3.8) is 0 Å². The molecule has 16 heavy (non-hydrogen) atoms. The van der Waals surface area contributed by atoms with E-state index in [9.17, 15) is 4.79 Å². The van der Waals surface area contributed by atoms with Gasteiger partial charge in [0, 0.05) is 24.2 Å². The zero-order valence-electron chi connectivity index (χ0n) is 8.60. The van der Waals surface area contributed by atoms with Crippen LogP contribution < -0.4 is 5.73 Å². The number of rotatable bonds is 2. The molecular weight excluding hydrogens is 208 g/mol. The molecule has 2 aromatic rings. The van der Waals surface area contributed by atoms with Crippen molar-refractivity contribution in [3.05, 3.63) is 30.2 Å². The number of aromatic nitrogens is 3. The quantitative estimate of drug-likeness (QED) is 0.728. The molecule has 6 heteroatoms. The van der Waals surface area contributed by atoms with Crippen LogP contribution >= 0.6 is 0 Å². The van der Waals surface area contributed by atoms with Crippen molar-refractivity contribution in [1.82, 2.24) is 15.0 Å². The molecule has 0 radical (unpaired) electrons. The molecule has 0 aliphatic heterocycles. The molecule has 0 unspecified atom stereocenters. The fraction of sp³-hybridized carbons (Fsp3) is 0.100. The standard InChI is InChI=1S/C10H10N4O2/c1-16-10(15)7-5-13-9(14-8(7)11)6-2-3-12-4-6/h2-5,12H,1H3,(H2,11,13,14). The monoisotopic (exact) mass is 218 g/mol. The number of carbonyl (C=O) groups excluding carboxylic acids is 1. The number of esters is 1. The lowest BCUT2D eigenvalue weighted by Gasteiger charge is -2.03. The summed E-state index contributed by atoms with van der Waals surface area (Å²) in [4.78, 5) is 22.2. The topological polar surface area (TPSA) is 93.9 Å². The summed E-state index contributed by atoms with van der Waals surface area (Å²) in [5.41, 5.74) is 6.62. The summed E-state index contributed by atoms with van der Waals surface area (Å²) in [6.07, 6.45) is 4.85. The molecular formula is C10H10N4O2. The van der Waals surface area contributed by atoms with E-state index in [1.165, 1.54) is 13.3 Å². The zero-order valence-corrected chi connectivity index (χ0v) is 8.60. The molecule has 2 aromatic heterocycles. The van der Waals surface area contributed by atoms with E-state index in [2.05, 4.69) is 19.7 Å². The van der Waals surface area contributed by atoms with Crippen LogP contribution in [0, 0.1) is 0 Å². The van der Waals surface area contributed by atoms with E-state index in [0.29, 0.717) is 5.82 Å². The second kappa shape index (κ2) is 4.01. The summed E-state index contributed by atoms with van der Waals surface area (Å²) in [6, 6.07) is 1.81. The van der Waals surface area contributed by atoms with Gasteiger partial charge in [-0.05, 0) is 6.07 Å². The van der Waals surface area contributed by atoms with Crippen LogP contribution in [0.25, 0.3) is 11.4 Å². The summed E-state index contributed by atoms with van der Waals surface area (Å²) < 4.78 is 4.54. The highest BCUT2D eigenvalue weighted by Crippen LogP contribution is 2.17. The Bertz CT molecular complexity index is 508. The van der Waals surface area contributed by atoms with Crippen LogP contribution in [-0.2, 0) is 4.74 Å². The van der Waals surface area contributed by atoms with Gasteiger partial charge in [0.2, 0.25) is 0 Å². The molecule has 0 aliphatic carbocycles. The molecule has 0 aliphatic rings. The first-order valence-corrected chi connectivity index (χ1v) is 4.56. The Hall–Kier alpha value is -2.37. The Morgan fingerprint density at radius 1 is 1.56 bits per heavy atom. The summed E-state index contributed by atoms with van der Waals surface area (Å²) in [5.74, 6) is 0.0302. The maximum Gasteiger partial charge on any atom is 0.343 e. The van der Waals surface area contributed by atoms with Gasteiger partial charge in [-0.15, -0.1) is 0 Å². The van der Waals surface area contributed by atoms with Crippen LogP contribution in [0.5, 0.6) is 0 Å². The Labute approximate surface area is 91.5 Å².